The van der Waals surface area contributed by atoms with E-state index in [-0.39, 0.29) is 12.4 Å². The molecule has 0 radical (unpaired) electrons. The number of hydrogen-bond acceptors (Lipinski definition) is 3. The van der Waals surface area contributed by atoms with Crippen LogP contribution in [0.4, 0.5) is 0 Å². The second kappa shape index (κ2) is 2.49. The van der Waals surface area contributed by atoms with Crippen LogP contribution in [-0.4, -0.2) is 32.7 Å². The summed E-state index contributed by atoms with van der Waals surface area (Å²) in [6.45, 7) is 1.53. The standard InChI is InChI=1S/C7H12O3/c1-8-6-4-10-7-5(6)2-3-9-7/h5-7H,2-4H2,1H3/t5?,6-,7+/m0/s1. The van der Waals surface area contributed by atoms with E-state index < -0.39 is 0 Å². The van der Waals surface area contributed by atoms with Crippen molar-refractivity contribution in [3.05, 3.63) is 0 Å². The minimum Gasteiger partial charge on any atom is -0.379 e. The zero-order valence-electron chi connectivity index (χ0n) is 6.08. The van der Waals surface area contributed by atoms with Crippen LogP contribution in [0.1, 0.15) is 6.42 Å². The van der Waals surface area contributed by atoms with Gasteiger partial charge in [-0.25, -0.2) is 0 Å². The minimum atomic E-state index is 0.0324. The normalized spacial score (nSPS) is 45.9. The van der Waals surface area contributed by atoms with Gasteiger partial charge in [0.2, 0.25) is 0 Å². The molecule has 3 atom stereocenters. The third-order valence-corrected chi connectivity index (χ3v) is 2.29. The molecule has 3 heteroatoms. The maximum absolute atomic E-state index is 5.33. The van der Waals surface area contributed by atoms with Gasteiger partial charge in [0.05, 0.1) is 19.3 Å². The number of hydrogen-bond donors (Lipinski definition) is 0. The van der Waals surface area contributed by atoms with E-state index >= 15 is 0 Å². The maximum atomic E-state index is 5.33. The monoisotopic (exact) mass is 144 g/mol. The van der Waals surface area contributed by atoms with Crippen LogP contribution in [-0.2, 0) is 14.2 Å². The van der Waals surface area contributed by atoms with Crippen molar-refractivity contribution < 1.29 is 14.2 Å². The third kappa shape index (κ3) is 0.856. The summed E-state index contributed by atoms with van der Waals surface area (Å²) in [7, 11) is 1.73. The Kier molecular flexibility index (Phi) is 1.64. The van der Waals surface area contributed by atoms with Crippen LogP contribution >= 0.6 is 0 Å². The molecule has 0 aromatic carbocycles. The van der Waals surface area contributed by atoms with Crippen molar-refractivity contribution in [1.82, 2.24) is 0 Å². The van der Waals surface area contributed by atoms with Gasteiger partial charge in [0.25, 0.3) is 0 Å². The van der Waals surface area contributed by atoms with Gasteiger partial charge in [0, 0.05) is 13.0 Å². The van der Waals surface area contributed by atoms with Gasteiger partial charge in [0.1, 0.15) is 0 Å². The summed E-state index contributed by atoms with van der Waals surface area (Å²) in [4.78, 5) is 0. The lowest BCUT2D eigenvalue weighted by molar-refractivity contribution is -0.0907. The van der Waals surface area contributed by atoms with Gasteiger partial charge in [-0.3, -0.25) is 0 Å². The molecule has 0 N–H and O–H groups in total. The maximum Gasteiger partial charge on any atom is 0.163 e. The van der Waals surface area contributed by atoms with E-state index in [2.05, 4.69) is 0 Å². The van der Waals surface area contributed by atoms with Crippen LogP contribution in [0.2, 0.25) is 0 Å². The molecule has 10 heavy (non-hydrogen) atoms. The Bertz CT molecular complexity index is 126. The van der Waals surface area contributed by atoms with E-state index in [0.717, 1.165) is 13.0 Å². The molecule has 2 rings (SSSR count). The van der Waals surface area contributed by atoms with Gasteiger partial charge < -0.3 is 14.2 Å². The highest BCUT2D eigenvalue weighted by Crippen LogP contribution is 2.32. The topological polar surface area (TPSA) is 27.7 Å². The summed E-state index contributed by atoms with van der Waals surface area (Å²) in [5.74, 6) is 0.491. The first-order valence-electron chi connectivity index (χ1n) is 3.68. The molecule has 2 aliphatic heterocycles. The fourth-order valence-corrected chi connectivity index (χ4v) is 1.67. The molecule has 0 amide bonds. The van der Waals surface area contributed by atoms with E-state index in [1.807, 2.05) is 0 Å². The summed E-state index contributed by atoms with van der Waals surface area (Å²) in [5.41, 5.74) is 0. The number of ether oxygens (including phenoxy) is 3. The van der Waals surface area contributed by atoms with Gasteiger partial charge >= 0.3 is 0 Å². The molecule has 3 nitrogen and oxygen atoms in total. The Labute approximate surface area is 60.3 Å². The van der Waals surface area contributed by atoms with Crippen molar-refractivity contribution in [2.45, 2.75) is 18.8 Å². The lowest BCUT2D eigenvalue weighted by atomic mass is 10.0. The number of methoxy groups -OCH3 is 1. The summed E-state index contributed by atoms with van der Waals surface area (Å²) >= 11 is 0. The molecule has 2 saturated heterocycles. The Hall–Kier alpha value is -0.120. The van der Waals surface area contributed by atoms with Crippen LogP contribution in [0.15, 0.2) is 0 Å². The highest BCUT2D eigenvalue weighted by Gasteiger charge is 2.41. The van der Waals surface area contributed by atoms with Gasteiger partial charge in [-0.15, -0.1) is 0 Å². The highest BCUT2D eigenvalue weighted by atomic mass is 16.7. The molecule has 2 aliphatic rings. The Morgan fingerprint density at radius 3 is 3.10 bits per heavy atom. The van der Waals surface area contributed by atoms with E-state index in [1.54, 1.807) is 7.11 Å². The van der Waals surface area contributed by atoms with Gasteiger partial charge in [-0.2, -0.15) is 0 Å². The smallest absolute Gasteiger partial charge is 0.163 e. The lowest BCUT2D eigenvalue weighted by Crippen LogP contribution is -2.21. The first-order valence-corrected chi connectivity index (χ1v) is 3.68. The first-order chi connectivity index (χ1) is 4.92. The van der Waals surface area contributed by atoms with Crippen molar-refractivity contribution in [3.63, 3.8) is 0 Å². The van der Waals surface area contributed by atoms with Crippen molar-refractivity contribution in [2.75, 3.05) is 20.3 Å². The average molecular weight is 144 g/mol. The third-order valence-electron chi connectivity index (χ3n) is 2.29. The molecule has 0 aromatic heterocycles. The van der Waals surface area contributed by atoms with Crippen molar-refractivity contribution in [2.24, 2.45) is 5.92 Å². The van der Waals surface area contributed by atoms with E-state index in [1.165, 1.54) is 0 Å². The second-order valence-electron chi connectivity index (χ2n) is 2.80. The zero-order chi connectivity index (χ0) is 6.97. The summed E-state index contributed by atoms with van der Waals surface area (Å²) < 4.78 is 15.9. The Morgan fingerprint density at radius 1 is 1.40 bits per heavy atom. The van der Waals surface area contributed by atoms with Gasteiger partial charge in [0.15, 0.2) is 6.29 Å². The highest BCUT2D eigenvalue weighted by molar-refractivity contribution is 4.83. The number of rotatable bonds is 1. The molecule has 2 fully saturated rings. The summed E-state index contributed by atoms with van der Waals surface area (Å²) in [6, 6.07) is 0. The van der Waals surface area contributed by atoms with Crippen molar-refractivity contribution >= 4 is 0 Å². The molecular weight excluding hydrogens is 132 g/mol. The van der Waals surface area contributed by atoms with Gasteiger partial charge in [-0.05, 0) is 6.42 Å². The predicted molar refractivity (Wildman–Crippen MR) is 34.6 cm³/mol. The average Bonchev–Trinajstić information content (AvgIpc) is 2.44. The second-order valence-corrected chi connectivity index (χ2v) is 2.80. The largest absolute Gasteiger partial charge is 0.379 e. The fraction of sp³-hybridized carbons (Fsp3) is 1.00. The molecule has 0 aliphatic carbocycles. The van der Waals surface area contributed by atoms with E-state index in [9.17, 15) is 0 Å². The fourth-order valence-electron chi connectivity index (χ4n) is 1.67. The Balaban J connectivity index is 2.01. The van der Waals surface area contributed by atoms with E-state index in [4.69, 9.17) is 14.2 Å². The van der Waals surface area contributed by atoms with Gasteiger partial charge in [-0.1, -0.05) is 0 Å². The predicted octanol–water partition coefficient (Wildman–Crippen LogP) is 0.394. The lowest BCUT2D eigenvalue weighted by Gasteiger charge is -2.11. The van der Waals surface area contributed by atoms with Crippen LogP contribution < -0.4 is 0 Å². The first kappa shape index (κ1) is 6.58. The summed E-state index contributed by atoms with van der Waals surface area (Å²) in [6.07, 6.45) is 1.39. The van der Waals surface area contributed by atoms with Crippen LogP contribution in [0, 0.1) is 5.92 Å². The quantitative estimate of drug-likeness (QED) is 0.533. The summed E-state index contributed by atoms with van der Waals surface area (Å²) in [5, 5.41) is 0. The van der Waals surface area contributed by atoms with Crippen LogP contribution in [0.25, 0.3) is 0 Å². The SMILES string of the molecule is CO[C@H]1CO[C@H]2OCCC21. The van der Waals surface area contributed by atoms with Crippen molar-refractivity contribution in [1.29, 1.82) is 0 Å². The van der Waals surface area contributed by atoms with Crippen molar-refractivity contribution in [3.8, 4) is 0 Å². The molecule has 58 valence electrons. The molecule has 1 unspecified atom stereocenters. The van der Waals surface area contributed by atoms with Crippen LogP contribution in [0.3, 0.4) is 0 Å². The van der Waals surface area contributed by atoms with Crippen LogP contribution in [0.5, 0.6) is 0 Å². The molecule has 2 heterocycles. The molecular formula is C7H12O3. The number of fused-ring (bicyclic) bond motifs is 1. The molecule has 0 bridgehead atoms. The minimum absolute atomic E-state index is 0.0324. The molecule has 0 spiro atoms. The Morgan fingerprint density at radius 2 is 2.30 bits per heavy atom. The molecule has 0 saturated carbocycles. The molecule has 0 aromatic rings. The van der Waals surface area contributed by atoms with E-state index in [0.29, 0.717) is 12.5 Å². The zero-order valence-corrected chi connectivity index (χ0v) is 6.08.